The second kappa shape index (κ2) is 5.26. The smallest absolute Gasteiger partial charge is 0.372 e. The summed E-state index contributed by atoms with van der Waals surface area (Å²) in [4.78, 5) is 7.53. The van der Waals surface area contributed by atoms with Crippen LogP contribution in [0.2, 0.25) is 5.15 Å². The number of aromatic nitrogens is 4. The molecule has 2 aromatic rings. The van der Waals surface area contributed by atoms with E-state index in [4.69, 9.17) is 11.6 Å². The van der Waals surface area contributed by atoms with Crippen molar-refractivity contribution in [3.63, 3.8) is 0 Å². The van der Waals surface area contributed by atoms with E-state index in [0.717, 1.165) is 19.0 Å². The van der Waals surface area contributed by atoms with E-state index in [2.05, 4.69) is 25.7 Å². The fourth-order valence-corrected chi connectivity index (χ4v) is 2.49. The van der Waals surface area contributed by atoms with Gasteiger partial charge in [0, 0.05) is 13.2 Å². The zero-order valence-corrected chi connectivity index (χ0v) is 13.1. The van der Waals surface area contributed by atoms with Gasteiger partial charge in [-0.15, -0.1) is 0 Å². The highest BCUT2D eigenvalue weighted by atomic mass is 35.5. The number of halogens is 4. The molecule has 124 valence electrons. The van der Waals surface area contributed by atoms with Crippen molar-refractivity contribution in [1.82, 2.24) is 19.7 Å². The normalized spacial score (nSPS) is 16.3. The van der Waals surface area contributed by atoms with Crippen LogP contribution in [-0.4, -0.2) is 26.8 Å². The topological polar surface area (TPSA) is 67.7 Å². The minimum absolute atomic E-state index is 0.00440. The van der Waals surface area contributed by atoms with Gasteiger partial charge >= 0.3 is 6.18 Å². The van der Waals surface area contributed by atoms with E-state index in [0.29, 0.717) is 10.8 Å². The van der Waals surface area contributed by atoms with E-state index in [9.17, 15) is 13.2 Å². The summed E-state index contributed by atoms with van der Waals surface area (Å²) >= 11 is 6.26. The van der Waals surface area contributed by atoms with Gasteiger partial charge in [0.15, 0.2) is 5.15 Å². The van der Waals surface area contributed by atoms with Crippen molar-refractivity contribution in [3.8, 4) is 0 Å². The summed E-state index contributed by atoms with van der Waals surface area (Å²) in [5, 5.41) is 9.81. The number of rotatable bonds is 4. The van der Waals surface area contributed by atoms with Gasteiger partial charge in [-0.05, 0) is 19.8 Å². The van der Waals surface area contributed by atoms with Crippen LogP contribution in [0, 0.1) is 0 Å². The van der Waals surface area contributed by atoms with E-state index >= 15 is 0 Å². The third kappa shape index (κ3) is 2.92. The third-order valence-electron chi connectivity index (χ3n) is 3.77. The van der Waals surface area contributed by atoms with Gasteiger partial charge in [-0.1, -0.05) is 11.6 Å². The first-order valence-corrected chi connectivity index (χ1v) is 7.25. The molecule has 1 aliphatic rings. The zero-order chi connectivity index (χ0) is 16.8. The van der Waals surface area contributed by atoms with E-state index in [1.807, 2.05) is 6.92 Å². The first kappa shape index (κ1) is 15.9. The number of nitrogens with zero attached hydrogens (tertiary/aromatic N) is 4. The molecular weight excluding hydrogens is 333 g/mol. The molecule has 2 N–H and O–H groups in total. The molecule has 1 fully saturated rings. The van der Waals surface area contributed by atoms with Crippen molar-refractivity contribution in [3.05, 3.63) is 23.1 Å². The van der Waals surface area contributed by atoms with Crippen LogP contribution >= 0.6 is 11.6 Å². The Kier molecular flexibility index (Phi) is 3.62. The molecule has 6 nitrogen and oxygen atoms in total. The Labute approximate surface area is 135 Å². The van der Waals surface area contributed by atoms with Gasteiger partial charge in [0.25, 0.3) is 0 Å². The van der Waals surface area contributed by atoms with E-state index in [-0.39, 0.29) is 17.3 Å². The lowest BCUT2D eigenvalue weighted by Crippen LogP contribution is -2.14. The molecule has 0 radical (unpaired) electrons. The number of anilines is 3. The first-order chi connectivity index (χ1) is 10.7. The van der Waals surface area contributed by atoms with Crippen LogP contribution in [0.5, 0.6) is 0 Å². The molecule has 0 unspecified atom stereocenters. The maximum Gasteiger partial charge on any atom is 0.421 e. The molecule has 1 aliphatic carbocycles. The molecule has 2 heterocycles. The maximum atomic E-state index is 12.8. The van der Waals surface area contributed by atoms with Crippen molar-refractivity contribution in [2.75, 3.05) is 17.7 Å². The lowest BCUT2D eigenvalue weighted by atomic mass is 10.3. The van der Waals surface area contributed by atoms with Gasteiger partial charge in [0.2, 0.25) is 5.95 Å². The molecule has 23 heavy (non-hydrogen) atoms. The van der Waals surface area contributed by atoms with Gasteiger partial charge in [-0.25, -0.2) is 9.67 Å². The van der Waals surface area contributed by atoms with Crippen molar-refractivity contribution in [2.45, 2.75) is 31.5 Å². The molecule has 0 saturated heterocycles. The second-order valence-electron chi connectivity index (χ2n) is 5.59. The molecule has 0 spiro atoms. The molecule has 0 aromatic carbocycles. The number of hydrogen-bond acceptors (Lipinski definition) is 5. The molecule has 10 heteroatoms. The van der Waals surface area contributed by atoms with Crippen LogP contribution in [0.15, 0.2) is 12.4 Å². The van der Waals surface area contributed by atoms with Gasteiger partial charge < -0.3 is 10.6 Å². The Morgan fingerprint density at radius 2 is 2.00 bits per heavy atom. The summed E-state index contributed by atoms with van der Waals surface area (Å²) in [6, 6.07) is 0. The van der Waals surface area contributed by atoms with Crippen molar-refractivity contribution >= 4 is 29.1 Å². The highest BCUT2D eigenvalue weighted by molar-refractivity contribution is 6.32. The Hall–Kier alpha value is -2.03. The molecule has 3 rings (SSSR count). The highest BCUT2D eigenvalue weighted by Gasteiger charge is 2.42. The van der Waals surface area contributed by atoms with Crippen molar-refractivity contribution in [2.24, 2.45) is 0 Å². The van der Waals surface area contributed by atoms with Crippen LogP contribution in [0.4, 0.5) is 30.6 Å². The summed E-state index contributed by atoms with van der Waals surface area (Å²) in [7, 11) is 1.36. The second-order valence-corrected chi connectivity index (χ2v) is 5.94. The fraction of sp³-hybridized carbons (Fsp3) is 0.462. The standard InChI is InChI=1S/C13H14ClF3N6/c1-12(3-4-12)23-9(14)8(6-20-23)21-11-19-5-7(13(15,16)17)10(18-2)22-11/h5-6H,3-4H2,1-2H3,(H2,18,19,21,22). The van der Waals surface area contributed by atoms with E-state index in [1.54, 1.807) is 4.68 Å². The van der Waals surface area contributed by atoms with E-state index in [1.165, 1.54) is 13.2 Å². The summed E-state index contributed by atoms with van der Waals surface area (Å²) in [5.74, 6) is -0.308. The van der Waals surface area contributed by atoms with Gasteiger partial charge in [0.1, 0.15) is 11.4 Å². The average molecular weight is 347 g/mol. The number of nitrogens with one attached hydrogen (secondary N) is 2. The third-order valence-corrected chi connectivity index (χ3v) is 4.14. The largest absolute Gasteiger partial charge is 0.421 e. The quantitative estimate of drug-likeness (QED) is 0.884. The monoisotopic (exact) mass is 346 g/mol. The number of hydrogen-bond donors (Lipinski definition) is 2. The number of alkyl halides is 3. The average Bonchev–Trinajstić information content (AvgIpc) is 3.12. The fourth-order valence-electron chi connectivity index (χ4n) is 2.15. The molecule has 0 amide bonds. The van der Waals surface area contributed by atoms with Crippen LogP contribution in [0.3, 0.4) is 0 Å². The molecule has 0 aliphatic heterocycles. The predicted molar refractivity (Wildman–Crippen MR) is 80.0 cm³/mol. The Morgan fingerprint density at radius 1 is 1.30 bits per heavy atom. The first-order valence-electron chi connectivity index (χ1n) is 6.87. The van der Waals surface area contributed by atoms with Crippen LogP contribution in [-0.2, 0) is 11.7 Å². The Balaban J connectivity index is 1.88. The summed E-state index contributed by atoms with van der Waals surface area (Å²) in [5.41, 5.74) is -0.576. The Morgan fingerprint density at radius 3 is 2.57 bits per heavy atom. The highest BCUT2D eigenvalue weighted by Crippen LogP contribution is 2.45. The molecule has 0 bridgehead atoms. The van der Waals surface area contributed by atoms with Gasteiger partial charge in [-0.3, -0.25) is 0 Å². The molecule has 0 atom stereocenters. The Bertz CT molecular complexity index is 738. The summed E-state index contributed by atoms with van der Waals surface area (Å²) in [6.07, 6.45) is -0.337. The minimum Gasteiger partial charge on any atom is -0.372 e. The van der Waals surface area contributed by atoms with Crippen LogP contribution in [0.1, 0.15) is 25.3 Å². The summed E-state index contributed by atoms with van der Waals surface area (Å²) in [6.45, 7) is 2.03. The van der Waals surface area contributed by atoms with Crippen molar-refractivity contribution in [1.29, 1.82) is 0 Å². The molecule has 2 aromatic heterocycles. The SMILES string of the molecule is CNc1nc(Nc2cnn(C3(C)CC3)c2Cl)ncc1C(F)(F)F. The minimum atomic E-state index is -4.53. The zero-order valence-electron chi connectivity index (χ0n) is 12.4. The van der Waals surface area contributed by atoms with Crippen LogP contribution < -0.4 is 10.6 Å². The molecular formula is C13H14ClF3N6. The maximum absolute atomic E-state index is 12.8. The lowest BCUT2D eigenvalue weighted by Gasteiger charge is -2.13. The van der Waals surface area contributed by atoms with E-state index < -0.39 is 11.7 Å². The molecule has 1 saturated carbocycles. The van der Waals surface area contributed by atoms with Gasteiger partial charge in [0.05, 0.1) is 17.4 Å². The lowest BCUT2D eigenvalue weighted by molar-refractivity contribution is -0.137. The van der Waals surface area contributed by atoms with Crippen molar-refractivity contribution < 1.29 is 13.2 Å². The summed E-state index contributed by atoms with van der Waals surface area (Å²) < 4.78 is 40.2. The van der Waals surface area contributed by atoms with Gasteiger partial charge in [-0.2, -0.15) is 23.3 Å². The predicted octanol–water partition coefficient (Wildman–Crippen LogP) is 3.64. The van der Waals surface area contributed by atoms with Crippen LogP contribution in [0.25, 0.3) is 0 Å².